The molecule has 0 spiro atoms. The smallest absolute Gasteiger partial charge is 0.399 e. The second-order valence-electron chi connectivity index (χ2n) is 4.39. The summed E-state index contributed by atoms with van der Waals surface area (Å²) < 4.78 is 62.1. The van der Waals surface area contributed by atoms with Crippen molar-refractivity contribution in [1.29, 1.82) is 0 Å². The number of rotatable bonds is 4. The van der Waals surface area contributed by atoms with Gasteiger partial charge in [-0.15, -0.1) is 0 Å². The van der Waals surface area contributed by atoms with Crippen LogP contribution in [0.5, 0.6) is 0 Å². The summed E-state index contributed by atoms with van der Waals surface area (Å²) in [5.41, 5.74) is 6.54. The first-order valence-electron chi connectivity index (χ1n) is 5.56. The number of benzene rings is 1. The molecule has 1 aromatic carbocycles. The Balaban J connectivity index is 3.02. The lowest BCUT2D eigenvalue weighted by Gasteiger charge is -2.17. The molecule has 4 N–H and O–H groups in total. The largest absolute Gasteiger partial charge is 0.415 e. The molecule has 0 bridgehead atoms. The quantitative estimate of drug-likeness (QED) is 0.726. The Morgan fingerprint density at radius 3 is 2.15 bits per heavy atom. The van der Waals surface area contributed by atoms with E-state index in [0.29, 0.717) is 16.8 Å². The van der Waals surface area contributed by atoms with E-state index >= 15 is 0 Å². The van der Waals surface area contributed by atoms with E-state index in [2.05, 4.69) is 0 Å². The van der Waals surface area contributed by atoms with Crippen LogP contribution in [0.4, 0.5) is 18.9 Å². The second kappa shape index (κ2) is 5.58. The summed E-state index contributed by atoms with van der Waals surface area (Å²) in [5.74, 6) is 0. The van der Waals surface area contributed by atoms with Crippen LogP contribution < -0.4 is 10.5 Å². The molecule has 0 fully saturated rings. The molecule has 1 atom stereocenters. The van der Waals surface area contributed by atoms with Crippen LogP contribution in [0, 0.1) is 13.8 Å². The summed E-state index contributed by atoms with van der Waals surface area (Å²) in [6.07, 6.45) is -7.64. The van der Waals surface area contributed by atoms with Crippen LogP contribution in [0.15, 0.2) is 17.0 Å². The molecule has 0 amide bonds. The van der Waals surface area contributed by atoms with Crippen molar-refractivity contribution in [2.45, 2.75) is 31.0 Å². The van der Waals surface area contributed by atoms with Gasteiger partial charge >= 0.3 is 6.18 Å². The van der Waals surface area contributed by atoms with Crippen molar-refractivity contribution in [3.63, 3.8) is 0 Å². The van der Waals surface area contributed by atoms with Crippen molar-refractivity contribution in [2.24, 2.45) is 0 Å². The molecule has 0 saturated carbocycles. The average Bonchev–Trinajstić information content (AvgIpc) is 2.22. The van der Waals surface area contributed by atoms with Crippen molar-refractivity contribution >= 4 is 15.7 Å². The number of alkyl halides is 3. The Labute approximate surface area is 114 Å². The maximum Gasteiger partial charge on any atom is 0.415 e. The summed E-state index contributed by atoms with van der Waals surface area (Å²) in [4.78, 5) is -0.138. The minimum Gasteiger partial charge on any atom is -0.399 e. The zero-order chi connectivity index (χ0) is 15.7. The van der Waals surface area contributed by atoms with E-state index in [4.69, 9.17) is 10.8 Å². The van der Waals surface area contributed by atoms with Crippen LogP contribution in [0.3, 0.4) is 0 Å². The number of halogens is 3. The second-order valence-corrected chi connectivity index (χ2v) is 6.10. The molecular formula is C11H15F3N2O3S. The van der Waals surface area contributed by atoms with Gasteiger partial charge in [0.2, 0.25) is 10.0 Å². The fraction of sp³-hybridized carbons (Fsp3) is 0.455. The van der Waals surface area contributed by atoms with E-state index < -0.39 is 28.8 Å². The Morgan fingerprint density at radius 1 is 1.30 bits per heavy atom. The number of sulfonamides is 1. The van der Waals surface area contributed by atoms with Gasteiger partial charge in [-0.1, -0.05) is 0 Å². The number of hydrogen-bond acceptors (Lipinski definition) is 4. The summed E-state index contributed by atoms with van der Waals surface area (Å²) in [6, 6.07) is 2.81. The molecule has 114 valence electrons. The van der Waals surface area contributed by atoms with Gasteiger partial charge in [-0.05, 0) is 37.1 Å². The molecule has 20 heavy (non-hydrogen) atoms. The third kappa shape index (κ3) is 3.84. The van der Waals surface area contributed by atoms with Gasteiger partial charge in [0.05, 0.1) is 4.90 Å². The lowest BCUT2D eigenvalue weighted by molar-refractivity contribution is -0.200. The number of nitrogen functional groups attached to an aromatic ring is 1. The van der Waals surface area contributed by atoms with E-state index in [9.17, 15) is 21.6 Å². The van der Waals surface area contributed by atoms with Crippen molar-refractivity contribution in [3.8, 4) is 0 Å². The molecular weight excluding hydrogens is 297 g/mol. The number of aryl methyl sites for hydroxylation is 2. The maximum atomic E-state index is 12.1. The number of hydrogen-bond donors (Lipinski definition) is 3. The van der Waals surface area contributed by atoms with Gasteiger partial charge in [0.25, 0.3) is 0 Å². The molecule has 1 unspecified atom stereocenters. The van der Waals surface area contributed by atoms with Crippen LogP contribution in [0.1, 0.15) is 11.1 Å². The maximum absolute atomic E-state index is 12.1. The molecule has 5 nitrogen and oxygen atoms in total. The SMILES string of the molecule is Cc1cc(N)cc(C)c1S(=O)(=O)NCC(O)C(F)(F)F. The van der Waals surface area contributed by atoms with Crippen molar-refractivity contribution in [3.05, 3.63) is 23.3 Å². The highest BCUT2D eigenvalue weighted by Gasteiger charge is 2.38. The van der Waals surface area contributed by atoms with Gasteiger partial charge in [-0.25, -0.2) is 13.1 Å². The molecule has 0 aromatic heterocycles. The Bertz CT molecular complexity index is 576. The normalized spacial score (nSPS) is 14.3. The van der Waals surface area contributed by atoms with Gasteiger partial charge in [0.1, 0.15) is 0 Å². The summed E-state index contributed by atoms with van der Waals surface area (Å²) in [6.45, 7) is 1.82. The van der Waals surface area contributed by atoms with Crippen LogP contribution >= 0.6 is 0 Å². The molecule has 0 heterocycles. The summed E-state index contributed by atoms with van der Waals surface area (Å²) >= 11 is 0. The topological polar surface area (TPSA) is 92.4 Å². The standard InChI is InChI=1S/C11H15F3N2O3S/c1-6-3-8(15)4-7(2)10(6)20(18,19)16-5-9(17)11(12,13)14/h3-4,9,16-17H,5,15H2,1-2H3. The van der Waals surface area contributed by atoms with Crippen LogP contribution in [-0.4, -0.2) is 32.3 Å². The van der Waals surface area contributed by atoms with Gasteiger partial charge in [-0.2, -0.15) is 13.2 Å². The van der Waals surface area contributed by atoms with E-state index in [0.717, 1.165) is 0 Å². The van der Waals surface area contributed by atoms with Gasteiger partial charge in [0.15, 0.2) is 6.10 Å². The fourth-order valence-electron chi connectivity index (χ4n) is 1.78. The number of aliphatic hydroxyl groups is 1. The van der Waals surface area contributed by atoms with Gasteiger partial charge < -0.3 is 10.8 Å². The molecule has 1 rings (SSSR count). The van der Waals surface area contributed by atoms with Crippen LogP contribution in [-0.2, 0) is 10.0 Å². The van der Waals surface area contributed by atoms with Crippen molar-refractivity contribution in [1.82, 2.24) is 4.72 Å². The molecule has 0 radical (unpaired) electrons. The van der Waals surface area contributed by atoms with Gasteiger partial charge in [0, 0.05) is 12.2 Å². The van der Waals surface area contributed by atoms with Crippen LogP contribution in [0.2, 0.25) is 0 Å². The molecule has 1 aromatic rings. The van der Waals surface area contributed by atoms with Gasteiger partial charge in [-0.3, -0.25) is 0 Å². The number of aliphatic hydroxyl groups excluding tert-OH is 1. The van der Waals surface area contributed by atoms with Crippen molar-refractivity contribution < 1.29 is 26.7 Å². The first kappa shape index (κ1) is 16.7. The lowest BCUT2D eigenvalue weighted by Crippen LogP contribution is -2.40. The molecule has 0 aliphatic rings. The minimum atomic E-state index is -4.88. The highest BCUT2D eigenvalue weighted by molar-refractivity contribution is 7.89. The Hall–Kier alpha value is -1.32. The van der Waals surface area contributed by atoms with Crippen LogP contribution in [0.25, 0.3) is 0 Å². The Kier molecular flexibility index (Phi) is 4.67. The number of nitrogens with one attached hydrogen (secondary N) is 1. The molecule has 0 aliphatic heterocycles. The van der Waals surface area contributed by atoms with E-state index in [1.807, 2.05) is 0 Å². The fourth-order valence-corrected chi connectivity index (χ4v) is 3.27. The Morgan fingerprint density at radius 2 is 1.75 bits per heavy atom. The predicted molar refractivity (Wildman–Crippen MR) is 67.6 cm³/mol. The predicted octanol–water partition coefficient (Wildman–Crippen LogP) is 1.09. The molecule has 9 heteroatoms. The van der Waals surface area contributed by atoms with E-state index in [1.165, 1.54) is 26.0 Å². The summed E-state index contributed by atoms with van der Waals surface area (Å²) in [5, 5.41) is 8.81. The summed E-state index contributed by atoms with van der Waals surface area (Å²) in [7, 11) is -4.16. The highest BCUT2D eigenvalue weighted by atomic mass is 32.2. The third-order valence-electron chi connectivity index (χ3n) is 2.60. The zero-order valence-corrected chi connectivity index (χ0v) is 11.6. The number of anilines is 1. The first-order valence-corrected chi connectivity index (χ1v) is 7.04. The van der Waals surface area contributed by atoms with E-state index in [1.54, 1.807) is 4.72 Å². The van der Waals surface area contributed by atoms with E-state index in [-0.39, 0.29) is 4.90 Å². The average molecular weight is 312 g/mol. The third-order valence-corrected chi connectivity index (χ3v) is 4.32. The number of nitrogens with two attached hydrogens (primary N) is 1. The first-order chi connectivity index (χ1) is 8.95. The highest BCUT2D eigenvalue weighted by Crippen LogP contribution is 2.24. The molecule has 0 aliphatic carbocycles. The molecule has 0 saturated heterocycles. The lowest BCUT2D eigenvalue weighted by atomic mass is 10.1. The zero-order valence-electron chi connectivity index (χ0n) is 10.8. The monoisotopic (exact) mass is 312 g/mol. The minimum absolute atomic E-state index is 0.138. The van der Waals surface area contributed by atoms with Crippen molar-refractivity contribution in [2.75, 3.05) is 12.3 Å².